The van der Waals surface area contributed by atoms with Gasteiger partial charge in [0.25, 0.3) is 5.91 Å². The molecule has 4 nitrogen and oxygen atoms in total. The largest absolute Gasteiger partial charge is 0.483 e. The normalized spacial score (nSPS) is 20.8. The molecule has 3 rings (SSSR count). The van der Waals surface area contributed by atoms with Crippen molar-refractivity contribution in [3.63, 3.8) is 0 Å². The smallest absolute Gasteiger partial charge is 0.260 e. The molecule has 1 aliphatic rings. The number of benzene rings is 2. The van der Waals surface area contributed by atoms with Gasteiger partial charge in [-0.2, -0.15) is 0 Å². The van der Waals surface area contributed by atoms with E-state index in [9.17, 15) is 9.59 Å². The number of carbonyl (C=O) groups is 2. The minimum absolute atomic E-state index is 0.0154. The molecule has 126 valence electrons. The van der Waals surface area contributed by atoms with Gasteiger partial charge in [0.2, 0.25) is 0 Å². The van der Waals surface area contributed by atoms with E-state index in [0.29, 0.717) is 23.1 Å². The molecule has 2 unspecified atom stereocenters. The van der Waals surface area contributed by atoms with E-state index < -0.39 is 0 Å². The van der Waals surface area contributed by atoms with Crippen LogP contribution in [0.15, 0.2) is 36.4 Å². The van der Waals surface area contributed by atoms with Crippen molar-refractivity contribution in [2.24, 2.45) is 11.8 Å². The third-order valence-electron chi connectivity index (χ3n) is 4.62. The van der Waals surface area contributed by atoms with Crippen molar-refractivity contribution in [2.45, 2.75) is 20.3 Å². The predicted octanol–water partition coefficient (Wildman–Crippen LogP) is 3.54. The molecule has 0 aliphatic carbocycles. The maximum absolute atomic E-state index is 12.4. The van der Waals surface area contributed by atoms with Crippen LogP contribution in [0.2, 0.25) is 0 Å². The number of hydrogen-bond donors (Lipinski definition) is 0. The van der Waals surface area contributed by atoms with Crippen molar-refractivity contribution in [3.8, 4) is 5.75 Å². The van der Waals surface area contributed by atoms with E-state index in [1.807, 2.05) is 35.2 Å². The molecule has 2 atom stereocenters. The van der Waals surface area contributed by atoms with Crippen LogP contribution < -0.4 is 4.74 Å². The van der Waals surface area contributed by atoms with Crippen molar-refractivity contribution in [1.29, 1.82) is 0 Å². The van der Waals surface area contributed by atoms with Gasteiger partial charge in [0.1, 0.15) is 5.75 Å². The SMILES string of the molecule is CC1CC(C)CN(C(=O)COc2ccc3ccccc3c2C=O)C1. The second-order valence-electron chi connectivity index (χ2n) is 6.85. The molecule has 1 saturated heterocycles. The van der Waals surface area contributed by atoms with Gasteiger partial charge in [0, 0.05) is 13.1 Å². The molecule has 1 aliphatic heterocycles. The molecule has 0 aromatic heterocycles. The highest BCUT2D eigenvalue weighted by atomic mass is 16.5. The highest BCUT2D eigenvalue weighted by Crippen LogP contribution is 2.27. The second kappa shape index (κ2) is 7.04. The molecule has 0 spiro atoms. The zero-order valence-electron chi connectivity index (χ0n) is 14.2. The summed E-state index contributed by atoms with van der Waals surface area (Å²) in [6.45, 7) is 5.88. The lowest BCUT2D eigenvalue weighted by molar-refractivity contribution is -0.136. The standard InChI is InChI=1S/C20H23NO3/c1-14-9-15(2)11-21(10-14)20(23)13-24-19-8-7-16-5-3-4-6-17(16)18(19)12-22/h3-8,12,14-15H,9-11,13H2,1-2H3. The lowest BCUT2D eigenvalue weighted by Gasteiger charge is -2.34. The molecule has 2 aromatic carbocycles. The first kappa shape index (κ1) is 16.5. The van der Waals surface area contributed by atoms with Crippen molar-refractivity contribution in [2.75, 3.05) is 19.7 Å². The Labute approximate surface area is 142 Å². The zero-order valence-corrected chi connectivity index (χ0v) is 14.2. The molecule has 1 heterocycles. The molecular formula is C20H23NO3. The first-order chi connectivity index (χ1) is 11.6. The number of rotatable bonds is 4. The maximum atomic E-state index is 12.4. The Morgan fingerprint density at radius 3 is 2.58 bits per heavy atom. The molecule has 0 N–H and O–H groups in total. The number of hydrogen-bond acceptors (Lipinski definition) is 3. The third kappa shape index (κ3) is 3.42. The molecule has 4 heteroatoms. The predicted molar refractivity (Wildman–Crippen MR) is 94.4 cm³/mol. The van der Waals surface area contributed by atoms with Crippen molar-refractivity contribution in [1.82, 2.24) is 4.90 Å². The average Bonchev–Trinajstić information content (AvgIpc) is 2.58. The van der Waals surface area contributed by atoms with Crippen LogP contribution in [0.3, 0.4) is 0 Å². The number of ether oxygens (including phenoxy) is 1. The molecule has 1 amide bonds. The monoisotopic (exact) mass is 325 g/mol. The first-order valence-corrected chi connectivity index (χ1v) is 8.46. The van der Waals surface area contributed by atoms with Gasteiger partial charge in [0.05, 0.1) is 5.56 Å². The highest BCUT2D eigenvalue weighted by molar-refractivity contribution is 6.00. The minimum Gasteiger partial charge on any atom is -0.483 e. The van der Waals surface area contributed by atoms with Gasteiger partial charge in [-0.3, -0.25) is 9.59 Å². The van der Waals surface area contributed by atoms with E-state index in [1.165, 1.54) is 0 Å². The number of aldehydes is 1. The van der Waals surface area contributed by atoms with Gasteiger partial charge in [-0.15, -0.1) is 0 Å². The van der Waals surface area contributed by atoms with Gasteiger partial charge in [-0.1, -0.05) is 44.2 Å². The van der Waals surface area contributed by atoms with Crippen LogP contribution in [0.4, 0.5) is 0 Å². The third-order valence-corrected chi connectivity index (χ3v) is 4.62. The quantitative estimate of drug-likeness (QED) is 0.808. The van der Waals surface area contributed by atoms with Crippen LogP contribution in [0.1, 0.15) is 30.6 Å². The molecule has 2 aromatic rings. The van der Waals surface area contributed by atoms with E-state index in [1.54, 1.807) is 6.07 Å². The number of likely N-dealkylation sites (tertiary alicyclic amines) is 1. The number of nitrogens with zero attached hydrogens (tertiary/aromatic N) is 1. The summed E-state index contributed by atoms with van der Waals surface area (Å²) in [6, 6.07) is 11.3. The van der Waals surface area contributed by atoms with E-state index in [4.69, 9.17) is 4.74 Å². The first-order valence-electron chi connectivity index (χ1n) is 8.46. The summed E-state index contributed by atoms with van der Waals surface area (Å²) in [4.78, 5) is 25.8. The Kier molecular flexibility index (Phi) is 4.84. The number of amides is 1. The molecule has 0 bridgehead atoms. The van der Waals surface area contributed by atoms with Gasteiger partial charge >= 0.3 is 0 Å². The summed E-state index contributed by atoms with van der Waals surface area (Å²) in [6.07, 6.45) is 1.96. The number of piperidine rings is 1. The Bertz CT molecular complexity index is 746. The minimum atomic E-state index is -0.0291. The summed E-state index contributed by atoms with van der Waals surface area (Å²) in [7, 11) is 0. The molecule has 0 saturated carbocycles. The summed E-state index contributed by atoms with van der Waals surface area (Å²) >= 11 is 0. The fraction of sp³-hybridized carbons (Fsp3) is 0.400. The number of fused-ring (bicyclic) bond motifs is 1. The van der Waals surface area contributed by atoms with E-state index in [-0.39, 0.29) is 12.5 Å². The van der Waals surface area contributed by atoms with Crippen LogP contribution in [0.25, 0.3) is 10.8 Å². The van der Waals surface area contributed by atoms with Gasteiger partial charge in [-0.05, 0) is 35.1 Å². The van der Waals surface area contributed by atoms with E-state index in [2.05, 4.69) is 13.8 Å². The van der Waals surface area contributed by atoms with Crippen molar-refractivity contribution in [3.05, 3.63) is 42.0 Å². The van der Waals surface area contributed by atoms with Crippen LogP contribution >= 0.6 is 0 Å². The van der Waals surface area contributed by atoms with E-state index >= 15 is 0 Å². The van der Waals surface area contributed by atoms with Crippen LogP contribution in [0, 0.1) is 11.8 Å². The van der Waals surface area contributed by atoms with Crippen LogP contribution in [0.5, 0.6) is 5.75 Å². The fourth-order valence-corrected chi connectivity index (χ4v) is 3.62. The lowest BCUT2D eigenvalue weighted by Crippen LogP contribution is -2.44. The highest BCUT2D eigenvalue weighted by Gasteiger charge is 2.25. The Balaban J connectivity index is 1.73. The van der Waals surface area contributed by atoms with Crippen LogP contribution in [-0.4, -0.2) is 36.8 Å². The number of carbonyl (C=O) groups excluding carboxylic acids is 2. The maximum Gasteiger partial charge on any atom is 0.260 e. The average molecular weight is 325 g/mol. The van der Waals surface area contributed by atoms with Gasteiger partial charge in [0.15, 0.2) is 12.9 Å². The molecule has 24 heavy (non-hydrogen) atoms. The Morgan fingerprint density at radius 2 is 1.88 bits per heavy atom. The molecule has 1 fully saturated rings. The zero-order chi connectivity index (χ0) is 17.1. The Morgan fingerprint density at radius 1 is 1.17 bits per heavy atom. The fourth-order valence-electron chi connectivity index (χ4n) is 3.62. The van der Waals surface area contributed by atoms with Crippen LogP contribution in [-0.2, 0) is 4.79 Å². The van der Waals surface area contributed by atoms with Gasteiger partial charge < -0.3 is 9.64 Å². The Hall–Kier alpha value is -2.36. The topological polar surface area (TPSA) is 46.6 Å². The summed E-state index contributed by atoms with van der Waals surface area (Å²) < 4.78 is 5.70. The van der Waals surface area contributed by atoms with Crippen molar-refractivity contribution >= 4 is 23.0 Å². The lowest BCUT2D eigenvalue weighted by atomic mass is 9.92. The van der Waals surface area contributed by atoms with E-state index in [0.717, 1.165) is 36.6 Å². The summed E-state index contributed by atoms with van der Waals surface area (Å²) in [5.74, 6) is 1.49. The summed E-state index contributed by atoms with van der Waals surface area (Å²) in [5, 5.41) is 1.83. The molecular weight excluding hydrogens is 302 g/mol. The second-order valence-corrected chi connectivity index (χ2v) is 6.85. The van der Waals surface area contributed by atoms with Gasteiger partial charge in [-0.25, -0.2) is 0 Å². The summed E-state index contributed by atoms with van der Waals surface area (Å²) in [5.41, 5.74) is 0.501. The molecule has 0 radical (unpaired) electrons. The van der Waals surface area contributed by atoms with Crippen molar-refractivity contribution < 1.29 is 14.3 Å².